The predicted octanol–water partition coefficient (Wildman–Crippen LogP) is 5.13. The van der Waals surface area contributed by atoms with E-state index in [1.165, 1.54) is 11.8 Å². The summed E-state index contributed by atoms with van der Waals surface area (Å²) in [5.41, 5.74) is 3.83. The zero-order valence-electron chi connectivity index (χ0n) is 15.8. The number of benzene rings is 2. The number of aryl methyl sites for hydroxylation is 1. The van der Waals surface area contributed by atoms with Crippen molar-refractivity contribution in [2.75, 3.05) is 11.1 Å². The molecule has 3 rings (SSSR count). The van der Waals surface area contributed by atoms with Crippen molar-refractivity contribution in [2.24, 2.45) is 0 Å². The lowest BCUT2D eigenvalue weighted by Gasteiger charge is -2.11. The predicted molar refractivity (Wildman–Crippen MR) is 116 cm³/mol. The Morgan fingerprint density at radius 2 is 2.00 bits per heavy atom. The molecule has 0 atom stereocenters. The molecule has 2 aromatic carbocycles. The van der Waals surface area contributed by atoms with Crippen LogP contribution in [-0.2, 0) is 11.3 Å². The molecule has 0 unspecified atom stereocenters. The van der Waals surface area contributed by atoms with Gasteiger partial charge in [0, 0.05) is 17.8 Å². The fourth-order valence-electron chi connectivity index (χ4n) is 2.73. The minimum atomic E-state index is -0.0915. The zero-order chi connectivity index (χ0) is 20.1. The van der Waals surface area contributed by atoms with Crippen molar-refractivity contribution in [3.63, 3.8) is 0 Å². The van der Waals surface area contributed by atoms with Crippen LogP contribution in [0.2, 0.25) is 5.02 Å². The molecule has 0 aliphatic rings. The normalized spacial score (nSPS) is 10.7. The molecule has 144 valence electrons. The number of nitrogens with zero attached hydrogens (tertiary/aromatic N) is 3. The van der Waals surface area contributed by atoms with Crippen molar-refractivity contribution in [1.29, 1.82) is 0 Å². The third-order valence-corrected chi connectivity index (χ3v) is 5.65. The molecule has 0 aliphatic carbocycles. The highest BCUT2D eigenvalue weighted by molar-refractivity contribution is 7.99. The summed E-state index contributed by atoms with van der Waals surface area (Å²) in [5, 5.41) is 12.7. The van der Waals surface area contributed by atoms with E-state index >= 15 is 0 Å². The summed E-state index contributed by atoms with van der Waals surface area (Å²) < 4.78 is 1.91. The molecule has 0 aliphatic heterocycles. The van der Waals surface area contributed by atoms with E-state index in [4.69, 9.17) is 11.6 Å². The number of carbonyl (C=O) groups is 1. The summed E-state index contributed by atoms with van der Waals surface area (Å²) in [7, 11) is 0. The first kappa shape index (κ1) is 20.2. The molecule has 0 radical (unpaired) electrons. The second kappa shape index (κ2) is 9.08. The summed E-state index contributed by atoms with van der Waals surface area (Å²) in [6.45, 7) is 8.34. The average molecular weight is 413 g/mol. The quantitative estimate of drug-likeness (QED) is 0.431. The van der Waals surface area contributed by atoms with Gasteiger partial charge in [0.25, 0.3) is 0 Å². The van der Waals surface area contributed by atoms with Gasteiger partial charge >= 0.3 is 0 Å². The Morgan fingerprint density at radius 3 is 2.75 bits per heavy atom. The van der Waals surface area contributed by atoms with Crippen LogP contribution in [0.5, 0.6) is 0 Å². The number of hydrogen-bond donors (Lipinski definition) is 1. The van der Waals surface area contributed by atoms with Crippen LogP contribution >= 0.6 is 23.4 Å². The lowest BCUT2D eigenvalue weighted by Crippen LogP contribution is -2.15. The molecule has 1 amide bonds. The number of rotatable bonds is 7. The van der Waals surface area contributed by atoms with E-state index in [1.54, 1.807) is 6.08 Å². The molecule has 28 heavy (non-hydrogen) atoms. The van der Waals surface area contributed by atoms with E-state index in [9.17, 15) is 4.79 Å². The Balaban J connectivity index is 1.75. The van der Waals surface area contributed by atoms with Gasteiger partial charge in [-0.1, -0.05) is 53.7 Å². The Labute approximate surface area is 173 Å². The van der Waals surface area contributed by atoms with Crippen LogP contribution in [0, 0.1) is 13.8 Å². The number of hydrogen-bond acceptors (Lipinski definition) is 4. The standard InChI is InChI=1S/C21H21ClN4OS/c1-4-12-26-20(16-9-5-6-10-17(16)22)24-25-21(26)28-13-19(27)23-18-11-7-8-14(2)15(18)3/h4-11H,1,12-13H2,2-3H3,(H,23,27). The molecule has 0 saturated carbocycles. The minimum absolute atomic E-state index is 0.0915. The van der Waals surface area contributed by atoms with Crippen LogP contribution in [0.15, 0.2) is 60.3 Å². The monoisotopic (exact) mass is 412 g/mol. The first-order valence-corrected chi connectivity index (χ1v) is 10.2. The van der Waals surface area contributed by atoms with Crippen molar-refractivity contribution in [1.82, 2.24) is 14.8 Å². The molecule has 0 saturated heterocycles. The van der Waals surface area contributed by atoms with Gasteiger partial charge in [0.1, 0.15) is 0 Å². The fourth-order valence-corrected chi connectivity index (χ4v) is 3.70. The van der Waals surface area contributed by atoms with E-state index < -0.39 is 0 Å². The lowest BCUT2D eigenvalue weighted by atomic mass is 10.1. The number of halogens is 1. The molecule has 5 nitrogen and oxygen atoms in total. The molecule has 0 spiro atoms. The maximum atomic E-state index is 12.4. The highest BCUT2D eigenvalue weighted by Crippen LogP contribution is 2.29. The van der Waals surface area contributed by atoms with Crippen LogP contribution in [0.25, 0.3) is 11.4 Å². The van der Waals surface area contributed by atoms with E-state index in [2.05, 4.69) is 22.1 Å². The summed E-state index contributed by atoms with van der Waals surface area (Å²) in [5.74, 6) is 0.791. The SMILES string of the molecule is C=CCn1c(SCC(=O)Nc2cccc(C)c2C)nnc1-c1ccccc1Cl. The Hall–Kier alpha value is -2.57. The van der Waals surface area contributed by atoms with E-state index in [-0.39, 0.29) is 11.7 Å². The summed E-state index contributed by atoms with van der Waals surface area (Å²) >= 11 is 7.64. The number of carbonyl (C=O) groups excluding carboxylic acids is 1. The lowest BCUT2D eigenvalue weighted by molar-refractivity contribution is -0.113. The van der Waals surface area contributed by atoms with Crippen molar-refractivity contribution in [2.45, 2.75) is 25.5 Å². The van der Waals surface area contributed by atoms with Gasteiger partial charge in [0.05, 0.1) is 10.8 Å². The first-order chi connectivity index (χ1) is 13.5. The van der Waals surface area contributed by atoms with Crippen LogP contribution in [0.4, 0.5) is 5.69 Å². The Bertz CT molecular complexity index is 1020. The molecule has 0 fully saturated rings. The second-order valence-corrected chi connectivity index (χ2v) is 7.62. The van der Waals surface area contributed by atoms with E-state index in [0.29, 0.717) is 22.5 Å². The summed E-state index contributed by atoms with van der Waals surface area (Å²) in [6.07, 6.45) is 1.77. The molecular weight excluding hydrogens is 392 g/mol. The van der Waals surface area contributed by atoms with Crippen molar-refractivity contribution >= 4 is 35.0 Å². The van der Waals surface area contributed by atoms with Gasteiger partial charge in [-0.3, -0.25) is 9.36 Å². The zero-order valence-corrected chi connectivity index (χ0v) is 17.3. The highest BCUT2D eigenvalue weighted by atomic mass is 35.5. The Kier molecular flexibility index (Phi) is 6.54. The van der Waals surface area contributed by atoms with Crippen LogP contribution in [-0.4, -0.2) is 26.4 Å². The number of thioether (sulfide) groups is 1. The number of allylic oxidation sites excluding steroid dienone is 1. The Morgan fingerprint density at radius 1 is 1.21 bits per heavy atom. The van der Waals surface area contributed by atoms with Crippen molar-refractivity contribution in [3.05, 3.63) is 71.3 Å². The van der Waals surface area contributed by atoms with Gasteiger partial charge in [-0.2, -0.15) is 0 Å². The fraction of sp³-hybridized carbons (Fsp3) is 0.190. The molecule has 0 bridgehead atoms. The number of amides is 1. The molecular formula is C21H21ClN4OS. The van der Waals surface area contributed by atoms with E-state index in [1.807, 2.05) is 60.9 Å². The number of aromatic nitrogens is 3. The summed E-state index contributed by atoms with van der Waals surface area (Å²) in [6, 6.07) is 13.3. The van der Waals surface area contributed by atoms with Crippen molar-refractivity contribution < 1.29 is 4.79 Å². The van der Waals surface area contributed by atoms with Gasteiger partial charge in [-0.25, -0.2) is 0 Å². The van der Waals surface area contributed by atoms with Gasteiger partial charge in [0.15, 0.2) is 11.0 Å². The summed E-state index contributed by atoms with van der Waals surface area (Å²) in [4.78, 5) is 12.4. The topological polar surface area (TPSA) is 59.8 Å². The van der Waals surface area contributed by atoms with Gasteiger partial charge < -0.3 is 5.32 Å². The van der Waals surface area contributed by atoms with Gasteiger partial charge in [0.2, 0.25) is 5.91 Å². The maximum absolute atomic E-state index is 12.4. The highest BCUT2D eigenvalue weighted by Gasteiger charge is 2.17. The maximum Gasteiger partial charge on any atom is 0.234 e. The molecule has 7 heteroatoms. The second-order valence-electron chi connectivity index (χ2n) is 6.27. The minimum Gasteiger partial charge on any atom is -0.325 e. The molecule has 1 aromatic heterocycles. The average Bonchev–Trinajstić information content (AvgIpc) is 3.07. The largest absolute Gasteiger partial charge is 0.325 e. The molecule has 1 N–H and O–H groups in total. The molecule has 1 heterocycles. The molecule has 3 aromatic rings. The smallest absolute Gasteiger partial charge is 0.234 e. The van der Waals surface area contributed by atoms with Gasteiger partial charge in [-0.15, -0.1) is 16.8 Å². The van der Waals surface area contributed by atoms with E-state index in [0.717, 1.165) is 22.4 Å². The third kappa shape index (κ3) is 4.46. The number of nitrogens with one attached hydrogen (secondary N) is 1. The third-order valence-electron chi connectivity index (χ3n) is 4.35. The van der Waals surface area contributed by atoms with Crippen LogP contribution < -0.4 is 5.32 Å². The van der Waals surface area contributed by atoms with Gasteiger partial charge in [-0.05, 0) is 43.2 Å². The van der Waals surface area contributed by atoms with Crippen LogP contribution in [0.3, 0.4) is 0 Å². The first-order valence-electron chi connectivity index (χ1n) is 8.79. The number of anilines is 1. The van der Waals surface area contributed by atoms with Crippen LogP contribution in [0.1, 0.15) is 11.1 Å². The van der Waals surface area contributed by atoms with Crippen molar-refractivity contribution in [3.8, 4) is 11.4 Å².